The second-order valence-electron chi connectivity index (χ2n) is 6.73. The Labute approximate surface area is 129 Å². The molecule has 2 fully saturated rings. The van der Waals surface area contributed by atoms with Gasteiger partial charge in [0.05, 0.1) is 13.2 Å². The molecule has 2 atom stereocenters. The molecule has 1 heterocycles. The highest BCUT2D eigenvalue weighted by atomic mass is 16.5. The van der Waals surface area contributed by atoms with Gasteiger partial charge < -0.3 is 15.0 Å². The molecule has 21 heavy (non-hydrogen) atoms. The molecule has 0 bridgehead atoms. The van der Waals surface area contributed by atoms with E-state index in [4.69, 9.17) is 4.74 Å². The number of amides is 2. The predicted octanol–water partition coefficient (Wildman–Crippen LogP) is 1.93. The predicted molar refractivity (Wildman–Crippen MR) is 84.4 cm³/mol. The van der Waals surface area contributed by atoms with Crippen LogP contribution in [0.1, 0.15) is 39.5 Å². The number of hydrogen-bond donors (Lipinski definition) is 1. The van der Waals surface area contributed by atoms with Crippen molar-refractivity contribution in [3.8, 4) is 0 Å². The first-order valence-electron chi connectivity index (χ1n) is 8.40. The van der Waals surface area contributed by atoms with Gasteiger partial charge in [0, 0.05) is 38.8 Å². The van der Waals surface area contributed by atoms with Crippen LogP contribution in [0, 0.1) is 5.92 Å². The Morgan fingerprint density at radius 2 is 2.14 bits per heavy atom. The summed E-state index contributed by atoms with van der Waals surface area (Å²) >= 11 is 0. The van der Waals surface area contributed by atoms with Crippen molar-refractivity contribution in [1.82, 2.24) is 15.1 Å². The molecule has 1 saturated heterocycles. The Hall–Kier alpha value is -0.810. The summed E-state index contributed by atoms with van der Waals surface area (Å²) in [5, 5.41) is 3.08. The van der Waals surface area contributed by atoms with Crippen LogP contribution in [-0.2, 0) is 4.74 Å². The quantitative estimate of drug-likeness (QED) is 0.843. The summed E-state index contributed by atoms with van der Waals surface area (Å²) in [4.78, 5) is 16.4. The van der Waals surface area contributed by atoms with E-state index in [2.05, 4.69) is 24.1 Å². The van der Waals surface area contributed by atoms with Gasteiger partial charge in [-0.15, -0.1) is 0 Å². The van der Waals surface area contributed by atoms with E-state index in [0.29, 0.717) is 24.5 Å². The van der Waals surface area contributed by atoms with Crippen LogP contribution in [0.3, 0.4) is 0 Å². The largest absolute Gasteiger partial charge is 0.379 e. The molecule has 5 nitrogen and oxygen atoms in total. The number of morpholine rings is 1. The van der Waals surface area contributed by atoms with Crippen molar-refractivity contribution in [2.45, 2.75) is 51.6 Å². The van der Waals surface area contributed by atoms with Gasteiger partial charge in [0.2, 0.25) is 0 Å². The van der Waals surface area contributed by atoms with Crippen molar-refractivity contribution in [3.63, 3.8) is 0 Å². The van der Waals surface area contributed by atoms with E-state index in [1.54, 1.807) is 0 Å². The number of ether oxygens (including phenoxy) is 1. The Morgan fingerprint density at radius 1 is 1.43 bits per heavy atom. The molecule has 1 saturated carbocycles. The molecule has 0 aromatic heterocycles. The Balaban J connectivity index is 1.69. The number of nitrogens with zero attached hydrogens (tertiary/aromatic N) is 2. The molecule has 2 rings (SSSR count). The van der Waals surface area contributed by atoms with E-state index >= 15 is 0 Å². The van der Waals surface area contributed by atoms with Gasteiger partial charge in [0.25, 0.3) is 0 Å². The van der Waals surface area contributed by atoms with Crippen LogP contribution in [0.15, 0.2) is 0 Å². The topological polar surface area (TPSA) is 44.8 Å². The second kappa shape index (κ2) is 7.99. The van der Waals surface area contributed by atoms with Crippen molar-refractivity contribution in [3.05, 3.63) is 0 Å². The lowest BCUT2D eigenvalue weighted by atomic mass is 10.1. The smallest absolute Gasteiger partial charge is 0.317 e. The minimum absolute atomic E-state index is 0.0645. The lowest BCUT2D eigenvalue weighted by Crippen LogP contribution is -2.53. The van der Waals surface area contributed by atoms with E-state index in [1.165, 1.54) is 25.7 Å². The van der Waals surface area contributed by atoms with Crippen molar-refractivity contribution in [1.29, 1.82) is 0 Å². The molecule has 2 amide bonds. The molecule has 0 aromatic rings. The van der Waals surface area contributed by atoms with Crippen molar-refractivity contribution >= 4 is 6.03 Å². The maximum atomic E-state index is 12.2. The van der Waals surface area contributed by atoms with Gasteiger partial charge in [-0.2, -0.15) is 0 Å². The number of carbonyl (C=O) groups excluding carboxylic acids is 1. The lowest BCUT2D eigenvalue weighted by Gasteiger charge is -2.38. The molecule has 0 aromatic carbocycles. The summed E-state index contributed by atoms with van der Waals surface area (Å²) in [6, 6.07) is 0.851. The highest BCUT2D eigenvalue weighted by Gasteiger charge is 2.24. The fourth-order valence-corrected chi connectivity index (χ4v) is 3.55. The molecule has 0 radical (unpaired) electrons. The third-order valence-electron chi connectivity index (χ3n) is 4.89. The minimum Gasteiger partial charge on any atom is -0.379 e. The van der Waals surface area contributed by atoms with E-state index in [0.717, 1.165) is 26.3 Å². The Morgan fingerprint density at radius 3 is 2.81 bits per heavy atom. The molecule has 122 valence electrons. The van der Waals surface area contributed by atoms with Gasteiger partial charge in [0.15, 0.2) is 0 Å². The van der Waals surface area contributed by atoms with Gasteiger partial charge in [-0.05, 0) is 32.6 Å². The van der Waals surface area contributed by atoms with Gasteiger partial charge in [-0.3, -0.25) is 4.90 Å². The van der Waals surface area contributed by atoms with Crippen LogP contribution < -0.4 is 5.32 Å². The maximum absolute atomic E-state index is 12.2. The molecule has 5 heteroatoms. The zero-order valence-corrected chi connectivity index (χ0v) is 13.8. The summed E-state index contributed by atoms with van der Waals surface area (Å²) in [5.41, 5.74) is 0. The fourth-order valence-electron chi connectivity index (χ4n) is 3.55. The van der Waals surface area contributed by atoms with E-state index in [9.17, 15) is 4.79 Å². The Kier molecular flexibility index (Phi) is 6.30. The van der Waals surface area contributed by atoms with Crippen molar-refractivity contribution < 1.29 is 9.53 Å². The first-order chi connectivity index (χ1) is 10.1. The van der Waals surface area contributed by atoms with Crippen molar-refractivity contribution in [2.75, 3.05) is 39.9 Å². The van der Waals surface area contributed by atoms with E-state index < -0.39 is 0 Å². The molecular weight excluding hydrogens is 266 g/mol. The third-order valence-corrected chi connectivity index (χ3v) is 4.89. The highest BCUT2D eigenvalue weighted by molar-refractivity contribution is 5.73. The number of carbonyl (C=O) groups is 1. The van der Waals surface area contributed by atoms with Gasteiger partial charge in [0.1, 0.15) is 0 Å². The average molecular weight is 297 g/mol. The summed E-state index contributed by atoms with van der Waals surface area (Å²) in [5.74, 6) is 0.706. The summed E-state index contributed by atoms with van der Waals surface area (Å²) in [7, 11) is 1.91. The summed E-state index contributed by atoms with van der Waals surface area (Å²) in [6.45, 7) is 8.51. The van der Waals surface area contributed by atoms with Crippen LogP contribution in [0.2, 0.25) is 0 Å². The molecule has 2 aliphatic rings. The zero-order valence-electron chi connectivity index (χ0n) is 13.8. The zero-order chi connectivity index (χ0) is 15.2. The number of rotatable bonds is 5. The average Bonchev–Trinajstić information content (AvgIpc) is 2.97. The minimum atomic E-state index is 0.0645. The molecule has 1 aliphatic carbocycles. The third kappa shape index (κ3) is 4.85. The molecule has 0 unspecified atom stereocenters. The monoisotopic (exact) mass is 297 g/mol. The normalized spacial score (nSPS) is 25.8. The molecule has 1 aliphatic heterocycles. The van der Waals surface area contributed by atoms with Crippen LogP contribution >= 0.6 is 0 Å². The standard InChI is InChI=1S/C16H31N3O2/c1-13(19-8-9-21-12-14(19)2)10-17-16(20)18(3)11-15-6-4-5-7-15/h13-15H,4-12H2,1-3H3,(H,17,20)/t13-,14-/m0/s1. The SMILES string of the molecule is C[C@@H](CNC(=O)N(C)CC1CCCC1)N1CCOC[C@@H]1C. The molecule has 0 spiro atoms. The number of hydrogen-bond acceptors (Lipinski definition) is 3. The first-order valence-corrected chi connectivity index (χ1v) is 8.40. The van der Waals surface area contributed by atoms with Crippen LogP contribution in [0.5, 0.6) is 0 Å². The highest BCUT2D eigenvalue weighted by Crippen LogP contribution is 2.25. The van der Waals surface area contributed by atoms with Crippen LogP contribution in [-0.4, -0.2) is 67.8 Å². The van der Waals surface area contributed by atoms with E-state index in [-0.39, 0.29) is 6.03 Å². The summed E-state index contributed by atoms with van der Waals surface area (Å²) in [6.07, 6.45) is 5.21. The Bertz CT molecular complexity index is 331. The molecular formula is C16H31N3O2. The summed E-state index contributed by atoms with van der Waals surface area (Å²) < 4.78 is 5.46. The van der Waals surface area contributed by atoms with Crippen LogP contribution in [0.25, 0.3) is 0 Å². The fraction of sp³-hybridized carbons (Fsp3) is 0.938. The molecule has 1 N–H and O–H groups in total. The second-order valence-corrected chi connectivity index (χ2v) is 6.73. The van der Waals surface area contributed by atoms with Gasteiger partial charge in [-0.1, -0.05) is 12.8 Å². The maximum Gasteiger partial charge on any atom is 0.317 e. The lowest BCUT2D eigenvalue weighted by molar-refractivity contribution is -0.0177. The number of urea groups is 1. The van der Waals surface area contributed by atoms with Gasteiger partial charge in [-0.25, -0.2) is 4.79 Å². The first kappa shape index (κ1) is 16.6. The number of nitrogens with one attached hydrogen (secondary N) is 1. The van der Waals surface area contributed by atoms with Gasteiger partial charge >= 0.3 is 6.03 Å². The van der Waals surface area contributed by atoms with Crippen molar-refractivity contribution in [2.24, 2.45) is 5.92 Å². The van der Waals surface area contributed by atoms with E-state index in [1.807, 2.05) is 11.9 Å². The van der Waals surface area contributed by atoms with Crippen LogP contribution in [0.4, 0.5) is 4.79 Å².